The first-order valence-electron chi connectivity index (χ1n) is 11.0. The van der Waals surface area contributed by atoms with Crippen molar-refractivity contribution in [2.75, 3.05) is 11.9 Å². The van der Waals surface area contributed by atoms with Gasteiger partial charge in [-0.25, -0.2) is 4.39 Å². The van der Waals surface area contributed by atoms with E-state index in [1.165, 1.54) is 35.2 Å². The Bertz CT molecular complexity index is 1180. The number of phenolic OH excluding ortho intramolecular Hbond substituents is 2. The average Bonchev–Trinajstić information content (AvgIpc) is 3.34. The molecule has 0 aliphatic carbocycles. The van der Waals surface area contributed by atoms with E-state index < -0.39 is 41.0 Å². The van der Waals surface area contributed by atoms with Gasteiger partial charge in [-0.2, -0.15) is 0 Å². The standard InChI is InChI=1S/C24H24FN3O5/c1-2-3-8-28-21(31)19-16(9-12-4-7-17(29)18(30)10-12)27-24(20(19)22(28)32)14-11-13(25)5-6-15(14)26-23(24)33/h4-7,10-11,16,19-20,27,29-30H,2-3,8-9H2,1H3,(H,26,33)/t16-,19+,20-,24+/m0/s1. The molecule has 3 aliphatic rings. The van der Waals surface area contributed by atoms with Gasteiger partial charge in [0.05, 0.1) is 11.8 Å². The lowest BCUT2D eigenvalue weighted by Gasteiger charge is -2.29. The van der Waals surface area contributed by atoms with E-state index in [0.717, 1.165) is 6.42 Å². The van der Waals surface area contributed by atoms with Gasteiger partial charge >= 0.3 is 0 Å². The molecule has 3 heterocycles. The molecule has 2 aromatic rings. The summed E-state index contributed by atoms with van der Waals surface area (Å²) < 4.78 is 14.2. The first kappa shape index (κ1) is 21.4. The SMILES string of the molecule is CCCCN1C(=O)[C@@H]2[C@H](Cc3ccc(O)c(O)c3)N[C@@]3(C(=O)Nc4ccc(F)cc43)[C@@H]2C1=O. The van der Waals surface area contributed by atoms with E-state index in [4.69, 9.17) is 0 Å². The molecule has 0 unspecified atom stereocenters. The van der Waals surface area contributed by atoms with Crippen molar-refractivity contribution in [1.29, 1.82) is 0 Å². The second kappa shape index (κ2) is 7.55. The van der Waals surface area contributed by atoms with E-state index in [9.17, 15) is 29.0 Å². The summed E-state index contributed by atoms with van der Waals surface area (Å²) in [6.07, 6.45) is 1.65. The molecule has 4 N–H and O–H groups in total. The predicted octanol–water partition coefficient (Wildman–Crippen LogP) is 2.00. The van der Waals surface area contributed by atoms with Gasteiger partial charge < -0.3 is 15.5 Å². The van der Waals surface area contributed by atoms with Crippen LogP contribution in [-0.4, -0.2) is 45.4 Å². The van der Waals surface area contributed by atoms with E-state index in [0.29, 0.717) is 23.2 Å². The summed E-state index contributed by atoms with van der Waals surface area (Å²) in [6, 6.07) is 7.63. The molecular weight excluding hydrogens is 429 g/mol. The molecule has 0 bridgehead atoms. The van der Waals surface area contributed by atoms with Crippen LogP contribution in [0.2, 0.25) is 0 Å². The molecule has 0 saturated carbocycles. The van der Waals surface area contributed by atoms with Gasteiger partial charge in [0.25, 0.3) is 0 Å². The Kier molecular flexibility index (Phi) is 4.89. The number of fused-ring (bicyclic) bond motifs is 4. The number of nitrogens with zero attached hydrogens (tertiary/aromatic N) is 1. The Balaban J connectivity index is 1.61. The molecule has 33 heavy (non-hydrogen) atoms. The molecule has 1 spiro atoms. The van der Waals surface area contributed by atoms with Crippen LogP contribution in [0.4, 0.5) is 10.1 Å². The van der Waals surface area contributed by atoms with Crippen LogP contribution in [0.15, 0.2) is 36.4 Å². The van der Waals surface area contributed by atoms with Crippen LogP contribution < -0.4 is 10.6 Å². The van der Waals surface area contributed by atoms with Crippen LogP contribution in [0.3, 0.4) is 0 Å². The monoisotopic (exact) mass is 453 g/mol. The summed E-state index contributed by atoms with van der Waals surface area (Å²) in [5.74, 6) is -4.25. The maximum absolute atomic E-state index is 14.2. The summed E-state index contributed by atoms with van der Waals surface area (Å²) in [7, 11) is 0. The minimum Gasteiger partial charge on any atom is -0.504 e. The Morgan fingerprint density at radius 1 is 1.06 bits per heavy atom. The highest BCUT2D eigenvalue weighted by molar-refractivity contribution is 6.15. The Hall–Kier alpha value is -3.46. The lowest BCUT2D eigenvalue weighted by Crippen LogP contribution is -2.53. The van der Waals surface area contributed by atoms with E-state index >= 15 is 0 Å². The molecule has 172 valence electrons. The lowest BCUT2D eigenvalue weighted by atomic mass is 9.76. The molecule has 0 aromatic heterocycles. The topological polar surface area (TPSA) is 119 Å². The summed E-state index contributed by atoms with van der Waals surface area (Å²) in [5.41, 5.74) is -0.233. The van der Waals surface area contributed by atoms with Gasteiger partial charge in [-0.05, 0) is 48.7 Å². The highest BCUT2D eigenvalue weighted by atomic mass is 19.1. The fraction of sp³-hybridized carbons (Fsp3) is 0.375. The molecule has 2 saturated heterocycles. The summed E-state index contributed by atoms with van der Waals surface area (Å²) in [6.45, 7) is 2.22. The van der Waals surface area contributed by atoms with Gasteiger partial charge in [0.15, 0.2) is 11.5 Å². The number of unbranched alkanes of at least 4 members (excludes halogenated alkanes) is 1. The normalized spacial score (nSPS) is 27.9. The zero-order valence-corrected chi connectivity index (χ0v) is 18.0. The predicted molar refractivity (Wildman–Crippen MR) is 116 cm³/mol. The highest BCUT2D eigenvalue weighted by Crippen LogP contribution is 2.53. The van der Waals surface area contributed by atoms with Crippen LogP contribution in [0.1, 0.15) is 30.9 Å². The van der Waals surface area contributed by atoms with Gasteiger partial charge in [-0.3, -0.25) is 24.6 Å². The molecule has 3 aliphatic heterocycles. The van der Waals surface area contributed by atoms with Crippen LogP contribution in [-0.2, 0) is 26.3 Å². The number of aromatic hydroxyl groups is 2. The number of imide groups is 1. The smallest absolute Gasteiger partial charge is 0.250 e. The van der Waals surface area contributed by atoms with Crippen molar-refractivity contribution in [3.63, 3.8) is 0 Å². The number of rotatable bonds is 5. The number of carbonyl (C=O) groups is 3. The quantitative estimate of drug-likeness (QED) is 0.406. The highest BCUT2D eigenvalue weighted by Gasteiger charge is 2.70. The molecule has 9 heteroatoms. The van der Waals surface area contributed by atoms with E-state index in [1.807, 2.05) is 6.92 Å². The van der Waals surface area contributed by atoms with Crippen LogP contribution in [0.5, 0.6) is 11.5 Å². The van der Waals surface area contributed by atoms with E-state index in [1.54, 1.807) is 6.07 Å². The Morgan fingerprint density at radius 3 is 2.58 bits per heavy atom. The second-order valence-electron chi connectivity index (χ2n) is 8.92. The Morgan fingerprint density at radius 2 is 1.85 bits per heavy atom. The first-order valence-corrected chi connectivity index (χ1v) is 11.0. The molecule has 3 amide bonds. The summed E-state index contributed by atoms with van der Waals surface area (Å²) >= 11 is 0. The zero-order valence-electron chi connectivity index (χ0n) is 18.0. The van der Waals surface area contributed by atoms with Gasteiger partial charge in [-0.1, -0.05) is 19.4 Å². The number of hydrogen-bond donors (Lipinski definition) is 4. The second-order valence-corrected chi connectivity index (χ2v) is 8.92. The number of amides is 3. The van der Waals surface area contributed by atoms with Crippen molar-refractivity contribution in [3.05, 3.63) is 53.3 Å². The number of phenols is 2. The van der Waals surface area contributed by atoms with Crippen molar-refractivity contribution in [3.8, 4) is 11.5 Å². The van der Waals surface area contributed by atoms with Crippen molar-refractivity contribution in [2.45, 2.75) is 37.8 Å². The minimum atomic E-state index is -1.57. The fourth-order valence-electron chi connectivity index (χ4n) is 5.50. The van der Waals surface area contributed by atoms with Gasteiger partial charge in [0.2, 0.25) is 17.7 Å². The molecule has 5 rings (SSSR count). The molecule has 2 aromatic carbocycles. The number of benzene rings is 2. The Labute approximate surface area is 189 Å². The number of likely N-dealkylation sites (tertiary alicyclic amines) is 1. The third kappa shape index (κ3) is 3.02. The number of carbonyl (C=O) groups excluding carboxylic acids is 3. The first-order chi connectivity index (χ1) is 15.8. The third-order valence-corrected chi connectivity index (χ3v) is 7.00. The number of hydrogen-bond acceptors (Lipinski definition) is 6. The van der Waals surface area contributed by atoms with Crippen molar-refractivity contribution < 1.29 is 29.0 Å². The minimum absolute atomic E-state index is 0.218. The molecule has 4 atom stereocenters. The average molecular weight is 453 g/mol. The third-order valence-electron chi connectivity index (χ3n) is 7.00. The zero-order chi connectivity index (χ0) is 23.5. The van der Waals surface area contributed by atoms with Crippen molar-refractivity contribution in [2.24, 2.45) is 11.8 Å². The molecule has 0 radical (unpaired) electrons. The van der Waals surface area contributed by atoms with E-state index in [-0.39, 0.29) is 30.4 Å². The molecular formula is C24H24FN3O5. The van der Waals surface area contributed by atoms with E-state index in [2.05, 4.69) is 10.6 Å². The van der Waals surface area contributed by atoms with Crippen LogP contribution in [0.25, 0.3) is 0 Å². The number of halogens is 1. The van der Waals surface area contributed by atoms with Crippen LogP contribution >= 0.6 is 0 Å². The molecule has 8 nitrogen and oxygen atoms in total. The van der Waals surface area contributed by atoms with Crippen molar-refractivity contribution >= 4 is 23.4 Å². The maximum Gasteiger partial charge on any atom is 0.250 e. The number of anilines is 1. The summed E-state index contributed by atoms with van der Waals surface area (Å²) in [5, 5.41) is 25.5. The number of nitrogens with one attached hydrogen (secondary N) is 2. The van der Waals surface area contributed by atoms with Crippen molar-refractivity contribution in [1.82, 2.24) is 10.2 Å². The largest absolute Gasteiger partial charge is 0.504 e. The van der Waals surface area contributed by atoms with Gasteiger partial charge in [-0.15, -0.1) is 0 Å². The summed E-state index contributed by atoms with van der Waals surface area (Å²) in [4.78, 5) is 41.5. The molecule has 2 fully saturated rings. The van der Waals surface area contributed by atoms with Crippen LogP contribution in [0, 0.1) is 17.7 Å². The lowest BCUT2D eigenvalue weighted by molar-refractivity contribution is -0.142. The fourth-order valence-corrected chi connectivity index (χ4v) is 5.50. The van der Waals surface area contributed by atoms with Gasteiger partial charge in [0, 0.05) is 23.8 Å². The van der Waals surface area contributed by atoms with Gasteiger partial charge in [0.1, 0.15) is 11.4 Å². The maximum atomic E-state index is 14.2.